The first-order chi connectivity index (χ1) is 6.84. The minimum absolute atomic E-state index is 0.143. The Morgan fingerprint density at radius 3 is 2.47 bits per heavy atom. The summed E-state index contributed by atoms with van der Waals surface area (Å²) in [6.07, 6.45) is -4.43. The number of rotatable bonds is 2. The van der Waals surface area contributed by atoms with E-state index in [0.717, 1.165) is 6.07 Å². The molecule has 0 aliphatic heterocycles. The number of hydrogen-bond donors (Lipinski definition) is 1. The molecule has 1 unspecified atom stereocenters. The number of aryl methyl sites for hydroxylation is 1. The average molecular weight is 219 g/mol. The second-order valence-corrected chi connectivity index (χ2v) is 3.39. The molecule has 0 saturated carbocycles. The maximum absolute atomic E-state index is 12.4. The summed E-state index contributed by atoms with van der Waals surface area (Å²) in [6.45, 7) is 3.42. The minimum Gasteiger partial charge on any atom is -0.330 e. The minimum atomic E-state index is -4.43. The van der Waals surface area contributed by atoms with E-state index in [4.69, 9.17) is 5.73 Å². The molecule has 0 spiro atoms. The zero-order valence-corrected chi connectivity index (χ0v) is 8.47. The molecular formula is C9H12F3N3. The Bertz CT molecular complexity index is 349. The van der Waals surface area contributed by atoms with Crippen molar-refractivity contribution >= 4 is 0 Å². The van der Waals surface area contributed by atoms with E-state index in [0.29, 0.717) is 5.69 Å². The lowest BCUT2D eigenvalue weighted by Gasteiger charge is -2.11. The lowest BCUT2D eigenvalue weighted by molar-refractivity contribution is -0.141. The first-order valence-corrected chi connectivity index (χ1v) is 4.47. The summed E-state index contributed by atoms with van der Waals surface area (Å²) in [5.41, 5.74) is 4.74. The molecule has 0 bridgehead atoms. The summed E-state index contributed by atoms with van der Waals surface area (Å²) < 4.78 is 37.2. The van der Waals surface area contributed by atoms with Gasteiger partial charge in [0.25, 0.3) is 0 Å². The van der Waals surface area contributed by atoms with Crippen molar-refractivity contribution in [2.75, 3.05) is 6.54 Å². The monoisotopic (exact) mass is 219 g/mol. The number of nitrogens with two attached hydrogens (primary N) is 1. The predicted molar refractivity (Wildman–Crippen MR) is 49.2 cm³/mol. The first-order valence-electron chi connectivity index (χ1n) is 4.47. The first kappa shape index (κ1) is 11.9. The van der Waals surface area contributed by atoms with E-state index in [1.54, 1.807) is 6.92 Å². The molecule has 1 heterocycles. The SMILES string of the molecule is Cc1cc(C(F)(F)F)nc(C(C)CN)n1. The highest BCUT2D eigenvalue weighted by atomic mass is 19.4. The smallest absolute Gasteiger partial charge is 0.330 e. The van der Waals surface area contributed by atoms with Gasteiger partial charge in [0, 0.05) is 18.2 Å². The highest BCUT2D eigenvalue weighted by Gasteiger charge is 2.33. The molecule has 0 radical (unpaired) electrons. The molecular weight excluding hydrogens is 207 g/mol. The normalized spacial score (nSPS) is 14.0. The molecule has 84 valence electrons. The van der Waals surface area contributed by atoms with Gasteiger partial charge in [0.05, 0.1) is 0 Å². The van der Waals surface area contributed by atoms with Crippen LogP contribution in [0.25, 0.3) is 0 Å². The summed E-state index contributed by atoms with van der Waals surface area (Å²) >= 11 is 0. The van der Waals surface area contributed by atoms with Gasteiger partial charge in [-0.05, 0) is 13.0 Å². The van der Waals surface area contributed by atoms with Crippen molar-refractivity contribution in [3.8, 4) is 0 Å². The van der Waals surface area contributed by atoms with Gasteiger partial charge in [-0.25, -0.2) is 9.97 Å². The molecule has 0 saturated heterocycles. The van der Waals surface area contributed by atoms with E-state index < -0.39 is 11.9 Å². The Labute approximate surface area is 85.5 Å². The summed E-state index contributed by atoms with van der Waals surface area (Å²) in [5, 5.41) is 0. The van der Waals surface area contributed by atoms with Gasteiger partial charge in [-0.1, -0.05) is 6.92 Å². The Morgan fingerprint density at radius 1 is 1.40 bits per heavy atom. The Hall–Kier alpha value is -1.17. The van der Waals surface area contributed by atoms with E-state index in [1.807, 2.05) is 0 Å². The van der Waals surface area contributed by atoms with E-state index >= 15 is 0 Å². The molecule has 15 heavy (non-hydrogen) atoms. The zero-order valence-electron chi connectivity index (χ0n) is 8.47. The second-order valence-electron chi connectivity index (χ2n) is 3.39. The van der Waals surface area contributed by atoms with Crippen LogP contribution in [0.3, 0.4) is 0 Å². The molecule has 2 N–H and O–H groups in total. The summed E-state index contributed by atoms with van der Waals surface area (Å²) in [7, 11) is 0. The fourth-order valence-electron chi connectivity index (χ4n) is 1.06. The van der Waals surface area contributed by atoms with Crippen LogP contribution in [0.15, 0.2) is 6.07 Å². The lowest BCUT2D eigenvalue weighted by Crippen LogP contribution is -2.17. The molecule has 3 nitrogen and oxygen atoms in total. The van der Waals surface area contributed by atoms with E-state index in [9.17, 15) is 13.2 Å². The van der Waals surface area contributed by atoms with Gasteiger partial charge in [-0.3, -0.25) is 0 Å². The van der Waals surface area contributed by atoms with Crippen LogP contribution in [0, 0.1) is 6.92 Å². The Morgan fingerprint density at radius 2 is 2.00 bits per heavy atom. The van der Waals surface area contributed by atoms with Crippen molar-refractivity contribution < 1.29 is 13.2 Å². The van der Waals surface area contributed by atoms with Crippen molar-refractivity contribution in [1.29, 1.82) is 0 Å². The largest absolute Gasteiger partial charge is 0.433 e. The van der Waals surface area contributed by atoms with E-state index in [1.165, 1.54) is 6.92 Å². The highest BCUT2D eigenvalue weighted by molar-refractivity contribution is 5.14. The third-order valence-corrected chi connectivity index (χ3v) is 1.96. The van der Waals surface area contributed by atoms with Gasteiger partial charge in [0.1, 0.15) is 11.5 Å². The van der Waals surface area contributed by atoms with Gasteiger partial charge in [-0.2, -0.15) is 13.2 Å². The molecule has 0 aromatic carbocycles. The quantitative estimate of drug-likeness (QED) is 0.826. The van der Waals surface area contributed by atoms with Crippen LogP contribution in [0.2, 0.25) is 0 Å². The second kappa shape index (κ2) is 4.14. The van der Waals surface area contributed by atoms with Crippen LogP contribution >= 0.6 is 0 Å². The molecule has 0 amide bonds. The average Bonchev–Trinajstić information content (AvgIpc) is 2.14. The molecule has 6 heteroatoms. The topological polar surface area (TPSA) is 51.8 Å². The summed E-state index contributed by atoms with van der Waals surface area (Å²) in [6, 6.07) is 0.923. The van der Waals surface area contributed by atoms with Crippen LogP contribution in [0.4, 0.5) is 13.2 Å². The molecule has 0 aliphatic rings. The molecule has 1 rings (SSSR count). The van der Waals surface area contributed by atoms with Crippen molar-refractivity contribution in [1.82, 2.24) is 9.97 Å². The van der Waals surface area contributed by atoms with Gasteiger partial charge in [-0.15, -0.1) is 0 Å². The molecule has 0 fully saturated rings. The summed E-state index contributed by atoms with van der Waals surface area (Å²) in [4.78, 5) is 7.39. The van der Waals surface area contributed by atoms with Crippen LogP contribution in [-0.2, 0) is 6.18 Å². The fourth-order valence-corrected chi connectivity index (χ4v) is 1.06. The van der Waals surface area contributed by atoms with Crippen LogP contribution in [0.1, 0.15) is 30.1 Å². The Balaban J connectivity index is 3.17. The summed E-state index contributed by atoms with van der Waals surface area (Å²) in [5.74, 6) is -0.129. The predicted octanol–water partition coefficient (Wildman–Crippen LogP) is 1.87. The zero-order chi connectivity index (χ0) is 11.6. The van der Waals surface area contributed by atoms with Gasteiger partial charge in [0.15, 0.2) is 0 Å². The van der Waals surface area contributed by atoms with Crippen molar-refractivity contribution in [3.05, 3.63) is 23.3 Å². The number of hydrogen-bond acceptors (Lipinski definition) is 3. The lowest BCUT2D eigenvalue weighted by atomic mass is 10.1. The molecule has 0 aliphatic carbocycles. The van der Waals surface area contributed by atoms with Crippen molar-refractivity contribution in [2.24, 2.45) is 5.73 Å². The maximum Gasteiger partial charge on any atom is 0.433 e. The van der Waals surface area contributed by atoms with Crippen molar-refractivity contribution in [2.45, 2.75) is 25.9 Å². The van der Waals surface area contributed by atoms with Gasteiger partial charge >= 0.3 is 6.18 Å². The standard InChI is InChI=1S/C9H12F3N3/c1-5(4-13)8-14-6(2)3-7(15-8)9(10,11)12/h3,5H,4,13H2,1-2H3. The van der Waals surface area contributed by atoms with Crippen molar-refractivity contribution in [3.63, 3.8) is 0 Å². The maximum atomic E-state index is 12.4. The van der Waals surface area contributed by atoms with Gasteiger partial charge < -0.3 is 5.73 Å². The number of nitrogens with zero attached hydrogens (tertiary/aromatic N) is 2. The van der Waals surface area contributed by atoms with Crippen LogP contribution < -0.4 is 5.73 Å². The molecule has 1 aromatic heterocycles. The number of aromatic nitrogens is 2. The third-order valence-electron chi connectivity index (χ3n) is 1.96. The fraction of sp³-hybridized carbons (Fsp3) is 0.556. The van der Waals surface area contributed by atoms with Crippen LogP contribution in [0.5, 0.6) is 0 Å². The third kappa shape index (κ3) is 2.89. The van der Waals surface area contributed by atoms with Gasteiger partial charge in [0.2, 0.25) is 0 Å². The molecule has 1 aromatic rings. The number of alkyl halides is 3. The molecule has 1 atom stereocenters. The highest BCUT2D eigenvalue weighted by Crippen LogP contribution is 2.28. The Kier molecular flexibility index (Phi) is 3.28. The van der Waals surface area contributed by atoms with E-state index in [2.05, 4.69) is 9.97 Å². The van der Waals surface area contributed by atoms with Crippen LogP contribution in [-0.4, -0.2) is 16.5 Å². The van der Waals surface area contributed by atoms with E-state index in [-0.39, 0.29) is 18.3 Å². The number of halogens is 3.